The van der Waals surface area contributed by atoms with Crippen molar-refractivity contribution in [3.63, 3.8) is 0 Å². The van der Waals surface area contributed by atoms with Crippen LogP contribution < -0.4 is 5.73 Å². The number of halogens is 1. The molecule has 14 heavy (non-hydrogen) atoms. The molecule has 2 atom stereocenters. The van der Waals surface area contributed by atoms with Gasteiger partial charge < -0.3 is 10.3 Å². The lowest BCUT2D eigenvalue weighted by atomic mass is 9.90. The van der Waals surface area contributed by atoms with Gasteiger partial charge in [0.05, 0.1) is 0 Å². The van der Waals surface area contributed by atoms with Gasteiger partial charge in [-0.1, -0.05) is 0 Å². The van der Waals surface area contributed by atoms with E-state index in [4.69, 9.17) is 17.3 Å². The molecule has 0 aromatic carbocycles. The summed E-state index contributed by atoms with van der Waals surface area (Å²) in [5.74, 6) is 0.704. The Bertz CT molecular complexity index is 319. The van der Waals surface area contributed by atoms with Gasteiger partial charge in [-0.15, -0.1) is 0 Å². The first kappa shape index (κ1) is 9.99. The van der Waals surface area contributed by atoms with E-state index in [-0.39, 0.29) is 0 Å². The van der Waals surface area contributed by atoms with E-state index < -0.39 is 0 Å². The second-order valence-corrected chi connectivity index (χ2v) is 4.58. The minimum Gasteiger partial charge on any atom is -0.328 e. The molecule has 0 aliphatic carbocycles. The number of nitrogens with zero attached hydrogens (tertiary/aromatic N) is 2. The molecular formula is C10H16ClN3. The Labute approximate surface area is 89.3 Å². The maximum atomic E-state index is 5.94. The van der Waals surface area contributed by atoms with Crippen molar-refractivity contribution in [3.8, 4) is 0 Å². The molecule has 1 aliphatic rings. The fourth-order valence-electron chi connectivity index (χ4n) is 2.22. The van der Waals surface area contributed by atoms with Crippen LogP contribution in [0.1, 0.15) is 25.5 Å². The molecule has 2 heterocycles. The van der Waals surface area contributed by atoms with Crippen molar-refractivity contribution in [2.24, 2.45) is 11.7 Å². The Balaban J connectivity index is 2.06. The Kier molecular flexibility index (Phi) is 2.79. The lowest BCUT2D eigenvalue weighted by Crippen LogP contribution is -2.25. The van der Waals surface area contributed by atoms with Crippen molar-refractivity contribution in [3.05, 3.63) is 17.2 Å². The fraction of sp³-hybridized carbons (Fsp3) is 0.700. The van der Waals surface area contributed by atoms with Crippen molar-refractivity contribution in [1.82, 2.24) is 9.55 Å². The third-order valence-electron chi connectivity index (χ3n) is 2.85. The SMILES string of the molecule is CC(N)CC1CCn2c(cnc2Cl)C1. The molecule has 1 aromatic rings. The monoisotopic (exact) mass is 213 g/mol. The van der Waals surface area contributed by atoms with Gasteiger partial charge >= 0.3 is 0 Å². The predicted molar refractivity (Wildman–Crippen MR) is 57.3 cm³/mol. The van der Waals surface area contributed by atoms with Gasteiger partial charge in [0.1, 0.15) is 0 Å². The number of fused-ring (bicyclic) bond motifs is 1. The van der Waals surface area contributed by atoms with Crippen molar-refractivity contribution in [2.75, 3.05) is 0 Å². The van der Waals surface area contributed by atoms with Crippen molar-refractivity contribution < 1.29 is 0 Å². The minimum absolute atomic E-state index is 0.296. The highest BCUT2D eigenvalue weighted by Crippen LogP contribution is 2.26. The van der Waals surface area contributed by atoms with Crippen LogP contribution in [0.25, 0.3) is 0 Å². The number of nitrogens with two attached hydrogens (primary N) is 1. The quantitative estimate of drug-likeness (QED) is 0.815. The smallest absolute Gasteiger partial charge is 0.202 e. The fourth-order valence-corrected chi connectivity index (χ4v) is 2.46. The third kappa shape index (κ3) is 1.93. The van der Waals surface area contributed by atoms with Crippen LogP contribution >= 0.6 is 11.6 Å². The van der Waals surface area contributed by atoms with E-state index in [0.29, 0.717) is 17.2 Å². The average molecular weight is 214 g/mol. The maximum Gasteiger partial charge on any atom is 0.202 e. The van der Waals surface area contributed by atoms with E-state index in [9.17, 15) is 0 Å². The number of hydrogen-bond acceptors (Lipinski definition) is 2. The van der Waals surface area contributed by atoms with E-state index in [1.807, 2.05) is 6.20 Å². The van der Waals surface area contributed by atoms with E-state index >= 15 is 0 Å². The maximum absolute atomic E-state index is 5.94. The summed E-state index contributed by atoms with van der Waals surface area (Å²) >= 11 is 5.94. The molecule has 1 aliphatic heterocycles. The van der Waals surface area contributed by atoms with Gasteiger partial charge in [0.15, 0.2) is 0 Å². The highest BCUT2D eigenvalue weighted by molar-refractivity contribution is 6.28. The molecule has 2 rings (SSSR count). The van der Waals surface area contributed by atoms with Crippen molar-refractivity contribution >= 4 is 11.6 Å². The summed E-state index contributed by atoms with van der Waals surface area (Å²) in [6.45, 7) is 3.06. The number of imidazole rings is 1. The molecule has 0 saturated heterocycles. The van der Waals surface area contributed by atoms with Gasteiger partial charge in [-0.3, -0.25) is 0 Å². The standard InChI is InChI=1S/C10H16ClN3/c1-7(12)4-8-2-3-14-9(5-8)6-13-10(14)11/h6-8H,2-5,12H2,1H3. The Morgan fingerprint density at radius 1 is 1.79 bits per heavy atom. The van der Waals surface area contributed by atoms with Crippen molar-refractivity contribution in [2.45, 2.75) is 38.8 Å². The number of rotatable bonds is 2. The molecule has 0 bridgehead atoms. The summed E-state index contributed by atoms with van der Waals surface area (Å²) in [7, 11) is 0. The first-order valence-corrected chi connectivity index (χ1v) is 5.50. The molecule has 0 spiro atoms. The van der Waals surface area contributed by atoms with Crippen LogP contribution in [0.5, 0.6) is 0 Å². The highest BCUT2D eigenvalue weighted by atomic mass is 35.5. The summed E-state index contributed by atoms with van der Waals surface area (Å²) < 4.78 is 2.10. The van der Waals surface area contributed by atoms with E-state index in [1.165, 1.54) is 12.1 Å². The lowest BCUT2D eigenvalue weighted by Gasteiger charge is -2.25. The van der Waals surface area contributed by atoms with Crippen LogP contribution in [-0.4, -0.2) is 15.6 Å². The second-order valence-electron chi connectivity index (χ2n) is 4.24. The van der Waals surface area contributed by atoms with E-state index in [0.717, 1.165) is 19.4 Å². The average Bonchev–Trinajstić information content (AvgIpc) is 2.46. The molecule has 3 nitrogen and oxygen atoms in total. The summed E-state index contributed by atoms with van der Waals surface area (Å²) in [5, 5.41) is 0.624. The molecule has 0 saturated carbocycles. The van der Waals surface area contributed by atoms with E-state index in [1.54, 1.807) is 0 Å². The number of hydrogen-bond donors (Lipinski definition) is 1. The molecule has 4 heteroatoms. The van der Waals surface area contributed by atoms with Gasteiger partial charge in [0.2, 0.25) is 5.28 Å². The molecular weight excluding hydrogens is 198 g/mol. The lowest BCUT2D eigenvalue weighted by molar-refractivity contribution is 0.349. The molecule has 0 fully saturated rings. The van der Waals surface area contributed by atoms with Crippen LogP contribution in [0.15, 0.2) is 6.20 Å². The zero-order chi connectivity index (χ0) is 10.1. The van der Waals surface area contributed by atoms with Crippen LogP contribution in [0.3, 0.4) is 0 Å². The first-order chi connectivity index (χ1) is 6.66. The summed E-state index contributed by atoms with van der Waals surface area (Å²) in [5.41, 5.74) is 7.06. The Morgan fingerprint density at radius 3 is 3.29 bits per heavy atom. The van der Waals surface area contributed by atoms with Crippen LogP contribution in [0.4, 0.5) is 0 Å². The van der Waals surface area contributed by atoms with Gasteiger partial charge in [0.25, 0.3) is 0 Å². The zero-order valence-electron chi connectivity index (χ0n) is 8.41. The van der Waals surface area contributed by atoms with E-state index in [2.05, 4.69) is 16.5 Å². The summed E-state index contributed by atoms with van der Waals surface area (Å²) in [6.07, 6.45) is 5.23. The Hall–Kier alpha value is -0.540. The minimum atomic E-state index is 0.296. The normalized spacial score (nSPS) is 23.2. The predicted octanol–water partition coefficient (Wildman–Crippen LogP) is 1.84. The summed E-state index contributed by atoms with van der Waals surface area (Å²) in [6, 6.07) is 0.296. The second kappa shape index (κ2) is 3.91. The highest BCUT2D eigenvalue weighted by Gasteiger charge is 2.21. The van der Waals surface area contributed by atoms with Gasteiger partial charge in [-0.2, -0.15) is 0 Å². The number of aromatic nitrogens is 2. The topological polar surface area (TPSA) is 43.8 Å². The molecule has 78 valence electrons. The van der Waals surface area contributed by atoms with Gasteiger partial charge in [0, 0.05) is 24.5 Å². The molecule has 0 radical (unpaired) electrons. The molecule has 2 unspecified atom stereocenters. The van der Waals surface area contributed by atoms with Gasteiger partial charge in [-0.05, 0) is 43.7 Å². The third-order valence-corrected chi connectivity index (χ3v) is 3.16. The molecule has 0 amide bonds. The van der Waals surface area contributed by atoms with Crippen LogP contribution in [0, 0.1) is 5.92 Å². The largest absolute Gasteiger partial charge is 0.328 e. The molecule has 2 N–H and O–H groups in total. The molecule has 1 aromatic heterocycles. The Morgan fingerprint density at radius 2 is 2.57 bits per heavy atom. The van der Waals surface area contributed by atoms with Crippen LogP contribution in [-0.2, 0) is 13.0 Å². The summed E-state index contributed by atoms with van der Waals surface area (Å²) in [4.78, 5) is 4.11. The van der Waals surface area contributed by atoms with Crippen LogP contribution in [0.2, 0.25) is 5.28 Å². The van der Waals surface area contributed by atoms with Gasteiger partial charge in [-0.25, -0.2) is 4.98 Å². The first-order valence-electron chi connectivity index (χ1n) is 5.12. The zero-order valence-corrected chi connectivity index (χ0v) is 9.17. The van der Waals surface area contributed by atoms with Crippen molar-refractivity contribution in [1.29, 1.82) is 0 Å².